The van der Waals surface area contributed by atoms with Crippen molar-refractivity contribution in [2.75, 3.05) is 36.6 Å². The van der Waals surface area contributed by atoms with Crippen molar-refractivity contribution in [1.82, 2.24) is 14.9 Å². The van der Waals surface area contributed by atoms with E-state index in [1.165, 1.54) is 11.8 Å². The Balaban J connectivity index is 1.32. The maximum absolute atomic E-state index is 12.5. The van der Waals surface area contributed by atoms with Crippen LogP contribution in [0.5, 0.6) is 17.2 Å². The average Bonchev–Trinajstić information content (AvgIpc) is 3.30. The number of para-hydroxylation sites is 1. The van der Waals surface area contributed by atoms with E-state index in [-0.39, 0.29) is 17.6 Å². The van der Waals surface area contributed by atoms with E-state index in [1.54, 1.807) is 31.5 Å². The molecule has 1 aromatic heterocycles. The molecule has 0 radical (unpaired) electrons. The van der Waals surface area contributed by atoms with Crippen LogP contribution < -0.4 is 30.8 Å². The van der Waals surface area contributed by atoms with E-state index in [4.69, 9.17) is 20.1 Å². The van der Waals surface area contributed by atoms with Crippen molar-refractivity contribution in [2.24, 2.45) is 5.10 Å². The summed E-state index contributed by atoms with van der Waals surface area (Å²) in [6.45, 7) is 0.410. The summed E-state index contributed by atoms with van der Waals surface area (Å²) >= 11 is 4.59. The molecular weight excluding hydrogens is 586 g/mol. The molecule has 0 saturated heterocycles. The van der Waals surface area contributed by atoms with Gasteiger partial charge >= 0.3 is 0 Å². The number of ether oxygens (including phenoxy) is 3. The Morgan fingerprint density at radius 1 is 1.08 bits per heavy atom. The fraction of sp³-hybridized carbons (Fsp3) is 0.154. The molecule has 1 heterocycles. The summed E-state index contributed by atoms with van der Waals surface area (Å²) in [7, 11) is 3.07. The normalized spacial score (nSPS) is 10.8. The Kier molecular flexibility index (Phi) is 9.64. The first-order valence-corrected chi connectivity index (χ1v) is 13.3. The molecule has 0 atom stereocenters. The number of amides is 1. The number of nitrogens with one attached hydrogen (secondary N) is 2. The molecule has 0 aliphatic carbocycles. The lowest BCUT2D eigenvalue weighted by atomic mass is 10.2. The molecule has 0 spiro atoms. The average molecular weight is 613 g/mol. The lowest BCUT2D eigenvalue weighted by Gasteiger charge is -2.11. The van der Waals surface area contributed by atoms with Crippen LogP contribution in [0.1, 0.15) is 11.1 Å². The minimum Gasteiger partial charge on any atom is -0.497 e. The SMILES string of the molecule is COc1ccc(OC)c(NC(=O)CSc2nnc(N/N=C/c3ccccc3OCc3cccc(Br)c3)n2N)c1. The van der Waals surface area contributed by atoms with Gasteiger partial charge < -0.3 is 25.4 Å². The molecule has 11 nitrogen and oxygen atoms in total. The Labute approximate surface area is 237 Å². The molecule has 4 rings (SSSR count). The lowest BCUT2D eigenvalue weighted by molar-refractivity contribution is -0.113. The summed E-state index contributed by atoms with van der Waals surface area (Å²) in [6, 6.07) is 20.6. The van der Waals surface area contributed by atoms with Gasteiger partial charge in [0.1, 0.15) is 23.9 Å². The molecule has 3 aromatic carbocycles. The minimum atomic E-state index is -0.276. The lowest BCUT2D eigenvalue weighted by Crippen LogP contribution is -2.17. The number of carbonyl (C=O) groups is 1. The molecule has 0 aliphatic rings. The molecule has 1 amide bonds. The van der Waals surface area contributed by atoms with Crippen LogP contribution in [0.3, 0.4) is 0 Å². The number of methoxy groups -OCH3 is 2. The zero-order valence-electron chi connectivity index (χ0n) is 21.1. The number of aromatic nitrogens is 3. The van der Waals surface area contributed by atoms with Crippen molar-refractivity contribution >= 4 is 51.4 Å². The number of nitrogens with two attached hydrogens (primary N) is 1. The number of anilines is 2. The highest BCUT2D eigenvalue weighted by Crippen LogP contribution is 2.29. The molecule has 4 aromatic rings. The van der Waals surface area contributed by atoms with Crippen molar-refractivity contribution in [3.05, 3.63) is 82.3 Å². The molecule has 0 bridgehead atoms. The van der Waals surface area contributed by atoms with Crippen LogP contribution in [0.2, 0.25) is 0 Å². The van der Waals surface area contributed by atoms with E-state index < -0.39 is 0 Å². The predicted molar refractivity (Wildman–Crippen MR) is 155 cm³/mol. The highest BCUT2D eigenvalue weighted by atomic mass is 79.9. The second kappa shape index (κ2) is 13.5. The van der Waals surface area contributed by atoms with Crippen LogP contribution >= 0.6 is 27.7 Å². The molecule has 0 saturated carbocycles. The quantitative estimate of drug-likeness (QED) is 0.0912. The van der Waals surface area contributed by atoms with Crippen molar-refractivity contribution < 1.29 is 19.0 Å². The summed E-state index contributed by atoms with van der Waals surface area (Å²) < 4.78 is 18.7. The van der Waals surface area contributed by atoms with Gasteiger partial charge in [-0.2, -0.15) is 5.10 Å². The third-order valence-electron chi connectivity index (χ3n) is 5.25. The van der Waals surface area contributed by atoms with Gasteiger partial charge in [0.05, 0.1) is 31.9 Å². The van der Waals surface area contributed by atoms with Gasteiger partial charge in [-0.3, -0.25) is 4.79 Å². The molecule has 202 valence electrons. The monoisotopic (exact) mass is 611 g/mol. The first kappa shape index (κ1) is 27.8. The van der Waals surface area contributed by atoms with E-state index >= 15 is 0 Å². The summed E-state index contributed by atoms with van der Waals surface area (Å²) in [4.78, 5) is 12.5. The number of rotatable bonds is 12. The number of thioether (sulfide) groups is 1. The Morgan fingerprint density at radius 2 is 1.92 bits per heavy atom. The summed E-state index contributed by atoms with van der Waals surface area (Å²) in [5.74, 6) is 7.85. The molecule has 4 N–H and O–H groups in total. The van der Waals surface area contributed by atoms with Gasteiger partial charge in [-0.05, 0) is 42.0 Å². The highest BCUT2D eigenvalue weighted by Gasteiger charge is 2.14. The summed E-state index contributed by atoms with van der Waals surface area (Å²) in [6.07, 6.45) is 1.60. The van der Waals surface area contributed by atoms with E-state index in [0.717, 1.165) is 27.4 Å². The van der Waals surface area contributed by atoms with E-state index in [1.807, 2.05) is 48.5 Å². The van der Waals surface area contributed by atoms with Gasteiger partial charge in [0.15, 0.2) is 0 Å². The standard InChI is InChI=1S/C26H26BrN7O4S/c1-36-20-10-11-23(37-2)21(13-20)30-24(35)16-39-26-33-32-25(34(26)28)31-29-14-18-7-3-4-9-22(18)38-15-17-6-5-8-19(27)12-17/h3-14H,15-16,28H2,1-2H3,(H,30,35)(H,31,32)/b29-14+. The summed E-state index contributed by atoms with van der Waals surface area (Å²) in [5.41, 5.74) is 5.07. The number of hydrogen-bond donors (Lipinski definition) is 3. The Hall–Kier alpha value is -4.23. The van der Waals surface area contributed by atoms with Crippen molar-refractivity contribution in [1.29, 1.82) is 0 Å². The van der Waals surface area contributed by atoms with Gasteiger partial charge in [0.25, 0.3) is 5.95 Å². The van der Waals surface area contributed by atoms with E-state index in [9.17, 15) is 4.79 Å². The zero-order chi connectivity index (χ0) is 27.6. The number of nitrogens with zero attached hydrogens (tertiary/aromatic N) is 4. The third kappa shape index (κ3) is 7.65. The van der Waals surface area contributed by atoms with E-state index in [2.05, 4.69) is 42.0 Å². The topological polar surface area (TPSA) is 138 Å². The number of hydrogen-bond acceptors (Lipinski definition) is 10. The maximum atomic E-state index is 12.5. The molecule has 0 unspecified atom stereocenters. The predicted octanol–water partition coefficient (Wildman–Crippen LogP) is 4.53. The van der Waals surface area contributed by atoms with Gasteiger partial charge in [-0.1, -0.05) is 52.0 Å². The number of halogens is 1. The Morgan fingerprint density at radius 3 is 2.72 bits per heavy atom. The van der Waals surface area contributed by atoms with Crippen LogP contribution in [-0.2, 0) is 11.4 Å². The number of carbonyl (C=O) groups excluding carboxylic acids is 1. The number of nitrogen functional groups attached to an aromatic ring is 1. The highest BCUT2D eigenvalue weighted by molar-refractivity contribution is 9.10. The fourth-order valence-electron chi connectivity index (χ4n) is 3.35. The Bertz CT molecular complexity index is 1460. The largest absolute Gasteiger partial charge is 0.497 e. The van der Waals surface area contributed by atoms with Gasteiger partial charge in [-0.15, -0.1) is 10.2 Å². The van der Waals surface area contributed by atoms with Crippen LogP contribution in [0.15, 0.2) is 81.5 Å². The number of hydrazone groups is 1. The van der Waals surface area contributed by atoms with Crippen LogP contribution in [0, 0.1) is 0 Å². The molecule has 0 aliphatic heterocycles. The summed E-state index contributed by atoms with van der Waals surface area (Å²) in [5, 5.41) is 15.4. The van der Waals surface area contributed by atoms with Gasteiger partial charge in [0.2, 0.25) is 11.1 Å². The molecule has 13 heteroatoms. The minimum absolute atomic E-state index is 0.0433. The maximum Gasteiger partial charge on any atom is 0.264 e. The number of benzene rings is 3. The van der Waals surface area contributed by atoms with Crippen LogP contribution in [-0.4, -0.2) is 47.0 Å². The van der Waals surface area contributed by atoms with E-state index in [0.29, 0.717) is 34.7 Å². The first-order chi connectivity index (χ1) is 19.0. The smallest absolute Gasteiger partial charge is 0.264 e. The van der Waals surface area contributed by atoms with Gasteiger partial charge in [-0.25, -0.2) is 10.1 Å². The third-order valence-corrected chi connectivity index (χ3v) is 6.68. The molecule has 0 fully saturated rings. The second-order valence-corrected chi connectivity index (χ2v) is 9.76. The second-order valence-electron chi connectivity index (χ2n) is 7.91. The molecular formula is C26H26BrN7O4S. The van der Waals surface area contributed by atoms with Gasteiger partial charge in [0, 0.05) is 16.1 Å². The van der Waals surface area contributed by atoms with Crippen molar-refractivity contribution in [2.45, 2.75) is 11.8 Å². The fourth-order valence-corrected chi connectivity index (χ4v) is 4.45. The zero-order valence-corrected chi connectivity index (χ0v) is 23.5. The molecule has 39 heavy (non-hydrogen) atoms. The van der Waals surface area contributed by atoms with Crippen LogP contribution in [0.4, 0.5) is 11.6 Å². The first-order valence-electron chi connectivity index (χ1n) is 11.6. The van der Waals surface area contributed by atoms with Crippen LogP contribution in [0.25, 0.3) is 0 Å². The van der Waals surface area contributed by atoms with Crippen molar-refractivity contribution in [3.8, 4) is 17.2 Å². The van der Waals surface area contributed by atoms with Crippen molar-refractivity contribution in [3.63, 3.8) is 0 Å².